The van der Waals surface area contributed by atoms with E-state index in [1.165, 1.54) is 32.8 Å². The Balaban J connectivity index is 1.56. The number of fused-ring (bicyclic) bond motifs is 2. The first-order chi connectivity index (χ1) is 13.2. The van der Waals surface area contributed by atoms with Gasteiger partial charge < -0.3 is 9.88 Å². The molecule has 1 aromatic heterocycles. The minimum absolute atomic E-state index is 0.0151. The number of hydrogen-bond acceptors (Lipinski definition) is 1. The van der Waals surface area contributed by atoms with Crippen LogP contribution >= 0.6 is 0 Å². The van der Waals surface area contributed by atoms with Crippen molar-refractivity contribution in [1.29, 1.82) is 0 Å². The molecule has 5 rings (SSSR count). The second-order valence-corrected chi connectivity index (χ2v) is 7.53. The molecule has 134 valence electrons. The van der Waals surface area contributed by atoms with Crippen LogP contribution in [0.25, 0.3) is 21.7 Å². The van der Waals surface area contributed by atoms with E-state index in [0.29, 0.717) is 0 Å². The number of carbonyl (C=O) groups excluding carboxylic acids is 1. The lowest BCUT2D eigenvalue weighted by Gasteiger charge is -2.11. The van der Waals surface area contributed by atoms with E-state index in [-0.39, 0.29) is 11.8 Å². The molecule has 1 amide bonds. The standard InChI is InChI=1S/C24H22N2O/c1-16-14-26(15-17-6-7-18-4-2-3-5-19(18)12-17)23-13-20(8-9-21(16)23)22-10-11-25-24(22)27/h2-9,12-14,22H,10-11,15H2,1H3,(H,25,27). The molecule has 0 spiro atoms. The van der Waals surface area contributed by atoms with Crippen molar-refractivity contribution in [1.82, 2.24) is 9.88 Å². The summed E-state index contributed by atoms with van der Waals surface area (Å²) >= 11 is 0. The molecule has 27 heavy (non-hydrogen) atoms. The van der Waals surface area contributed by atoms with Gasteiger partial charge in [0.05, 0.1) is 5.92 Å². The molecule has 0 radical (unpaired) electrons. The summed E-state index contributed by atoms with van der Waals surface area (Å²) in [5, 5.41) is 6.75. The lowest BCUT2D eigenvalue weighted by molar-refractivity contribution is -0.120. The van der Waals surface area contributed by atoms with Gasteiger partial charge in [-0.2, -0.15) is 0 Å². The van der Waals surface area contributed by atoms with Crippen LogP contribution in [-0.4, -0.2) is 17.0 Å². The fourth-order valence-corrected chi connectivity index (χ4v) is 4.29. The number of amides is 1. The van der Waals surface area contributed by atoms with Gasteiger partial charge >= 0.3 is 0 Å². The minimum Gasteiger partial charge on any atom is -0.356 e. The highest BCUT2D eigenvalue weighted by molar-refractivity contribution is 5.89. The second kappa shape index (κ2) is 6.27. The average Bonchev–Trinajstić information content (AvgIpc) is 3.25. The van der Waals surface area contributed by atoms with Crippen molar-refractivity contribution in [3.63, 3.8) is 0 Å². The molecular formula is C24H22N2O. The summed E-state index contributed by atoms with van der Waals surface area (Å²) in [5.41, 5.74) is 4.89. The third kappa shape index (κ3) is 2.80. The van der Waals surface area contributed by atoms with Crippen molar-refractivity contribution in [2.75, 3.05) is 6.54 Å². The fourth-order valence-electron chi connectivity index (χ4n) is 4.29. The van der Waals surface area contributed by atoms with Crippen LogP contribution < -0.4 is 5.32 Å². The molecular weight excluding hydrogens is 332 g/mol. The van der Waals surface area contributed by atoms with E-state index < -0.39 is 0 Å². The number of nitrogens with one attached hydrogen (secondary N) is 1. The summed E-state index contributed by atoms with van der Waals surface area (Å²) in [4.78, 5) is 12.1. The number of nitrogens with zero attached hydrogens (tertiary/aromatic N) is 1. The van der Waals surface area contributed by atoms with Gasteiger partial charge in [0.15, 0.2) is 0 Å². The first-order valence-electron chi connectivity index (χ1n) is 9.54. The van der Waals surface area contributed by atoms with Crippen molar-refractivity contribution in [2.45, 2.75) is 25.8 Å². The van der Waals surface area contributed by atoms with E-state index in [0.717, 1.165) is 25.1 Å². The highest BCUT2D eigenvalue weighted by Crippen LogP contribution is 2.29. The van der Waals surface area contributed by atoms with Crippen molar-refractivity contribution >= 4 is 27.6 Å². The van der Waals surface area contributed by atoms with Crippen molar-refractivity contribution in [3.05, 3.63) is 83.6 Å². The van der Waals surface area contributed by atoms with E-state index >= 15 is 0 Å². The number of aryl methyl sites for hydroxylation is 1. The molecule has 1 unspecified atom stereocenters. The quantitative estimate of drug-likeness (QED) is 0.566. The normalized spacial score (nSPS) is 16.9. The van der Waals surface area contributed by atoms with Gasteiger partial charge in [0.2, 0.25) is 5.91 Å². The van der Waals surface area contributed by atoms with Crippen LogP contribution in [0.4, 0.5) is 0 Å². The Morgan fingerprint density at radius 1 is 1.04 bits per heavy atom. The average molecular weight is 354 g/mol. The van der Waals surface area contributed by atoms with Gasteiger partial charge in [0.1, 0.15) is 0 Å². The molecule has 0 bridgehead atoms. The Bertz CT molecular complexity index is 1170. The lowest BCUT2D eigenvalue weighted by atomic mass is 9.96. The van der Waals surface area contributed by atoms with Gasteiger partial charge in [-0.1, -0.05) is 48.5 Å². The van der Waals surface area contributed by atoms with Crippen LogP contribution in [0.2, 0.25) is 0 Å². The molecule has 2 heterocycles. The summed E-state index contributed by atoms with van der Waals surface area (Å²) in [5.74, 6) is 0.137. The molecule has 0 aliphatic carbocycles. The first-order valence-corrected chi connectivity index (χ1v) is 9.54. The summed E-state index contributed by atoms with van der Waals surface area (Å²) in [6, 6.07) is 21.6. The van der Waals surface area contributed by atoms with Crippen LogP contribution in [0.15, 0.2) is 66.9 Å². The van der Waals surface area contributed by atoms with Gasteiger partial charge in [-0.05, 0) is 52.9 Å². The summed E-state index contributed by atoms with van der Waals surface area (Å²) in [6.45, 7) is 3.76. The topological polar surface area (TPSA) is 34.0 Å². The largest absolute Gasteiger partial charge is 0.356 e. The third-order valence-electron chi connectivity index (χ3n) is 5.72. The Morgan fingerprint density at radius 3 is 2.70 bits per heavy atom. The van der Waals surface area contributed by atoms with Gasteiger partial charge in [-0.15, -0.1) is 0 Å². The van der Waals surface area contributed by atoms with Gasteiger partial charge in [-0.25, -0.2) is 0 Å². The molecule has 1 saturated heterocycles. The molecule has 3 heteroatoms. The van der Waals surface area contributed by atoms with Crippen molar-refractivity contribution < 1.29 is 4.79 Å². The van der Waals surface area contributed by atoms with E-state index in [2.05, 4.69) is 83.7 Å². The van der Waals surface area contributed by atoms with Crippen LogP contribution in [0.1, 0.15) is 29.0 Å². The van der Waals surface area contributed by atoms with Gasteiger partial charge in [0, 0.05) is 30.2 Å². The molecule has 1 fully saturated rings. The summed E-state index contributed by atoms with van der Waals surface area (Å²) in [6.07, 6.45) is 3.10. The molecule has 1 atom stereocenters. The van der Waals surface area contributed by atoms with E-state index in [4.69, 9.17) is 0 Å². The predicted octanol–water partition coefficient (Wildman–Crippen LogP) is 4.75. The zero-order valence-electron chi connectivity index (χ0n) is 15.4. The minimum atomic E-state index is -0.0151. The van der Waals surface area contributed by atoms with Crippen LogP contribution in [0.5, 0.6) is 0 Å². The Hall–Kier alpha value is -3.07. The van der Waals surface area contributed by atoms with Crippen molar-refractivity contribution in [2.24, 2.45) is 0 Å². The molecule has 1 N–H and O–H groups in total. The van der Waals surface area contributed by atoms with Gasteiger partial charge in [-0.3, -0.25) is 4.79 Å². The molecule has 4 aromatic rings. The maximum absolute atomic E-state index is 12.1. The number of rotatable bonds is 3. The smallest absolute Gasteiger partial charge is 0.227 e. The Morgan fingerprint density at radius 2 is 1.89 bits per heavy atom. The SMILES string of the molecule is Cc1cn(Cc2ccc3ccccc3c2)c2cc(C3CCNC3=O)ccc12. The molecule has 3 nitrogen and oxygen atoms in total. The number of benzene rings is 3. The zero-order valence-corrected chi connectivity index (χ0v) is 15.4. The maximum atomic E-state index is 12.1. The van der Waals surface area contributed by atoms with Crippen LogP contribution in [-0.2, 0) is 11.3 Å². The Kier molecular flexibility index (Phi) is 3.75. The maximum Gasteiger partial charge on any atom is 0.227 e. The molecule has 1 aliphatic heterocycles. The van der Waals surface area contributed by atoms with E-state index in [1.54, 1.807) is 0 Å². The molecule has 3 aromatic carbocycles. The number of aromatic nitrogens is 1. The molecule has 0 saturated carbocycles. The summed E-state index contributed by atoms with van der Waals surface area (Å²) in [7, 11) is 0. The number of carbonyl (C=O) groups is 1. The van der Waals surface area contributed by atoms with Crippen LogP contribution in [0, 0.1) is 6.92 Å². The Labute approximate surface area is 158 Å². The van der Waals surface area contributed by atoms with Crippen LogP contribution in [0.3, 0.4) is 0 Å². The zero-order chi connectivity index (χ0) is 18.4. The van der Waals surface area contributed by atoms with E-state index in [9.17, 15) is 4.79 Å². The lowest BCUT2D eigenvalue weighted by Crippen LogP contribution is -2.17. The third-order valence-corrected chi connectivity index (χ3v) is 5.72. The van der Waals surface area contributed by atoms with Crippen molar-refractivity contribution in [3.8, 4) is 0 Å². The fraction of sp³-hybridized carbons (Fsp3) is 0.208. The summed E-state index contributed by atoms with van der Waals surface area (Å²) < 4.78 is 2.31. The highest BCUT2D eigenvalue weighted by Gasteiger charge is 2.26. The monoisotopic (exact) mass is 354 g/mol. The first kappa shape index (κ1) is 16.1. The second-order valence-electron chi connectivity index (χ2n) is 7.53. The molecule has 1 aliphatic rings. The predicted molar refractivity (Wildman–Crippen MR) is 110 cm³/mol. The number of hydrogen-bond donors (Lipinski definition) is 1. The van der Waals surface area contributed by atoms with Gasteiger partial charge in [0.25, 0.3) is 0 Å². The highest BCUT2D eigenvalue weighted by atomic mass is 16.2. The van der Waals surface area contributed by atoms with E-state index in [1.807, 2.05) is 0 Å².